The Balaban J connectivity index is 1.33. The van der Waals surface area contributed by atoms with Crippen LogP contribution in [0.4, 0.5) is 5.95 Å². The van der Waals surface area contributed by atoms with Gasteiger partial charge in [0.1, 0.15) is 5.76 Å². The van der Waals surface area contributed by atoms with Gasteiger partial charge in [-0.1, -0.05) is 0 Å². The van der Waals surface area contributed by atoms with Crippen LogP contribution >= 0.6 is 0 Å². The van der Waals surface area contributed by atoms with Crippen LogP contribution in [0.25, 0.3) is 0 Å². The molecule has 2 fully saturated rings. The van der Waals surface area contributed by atoms with Crippen molar-refractivity contribution in [2.24, 2.45) is 11.8 Å². The Bertz CT molecular complexity index is 722. The zero-order chi connectivity index (χ0) is 17.2. The normalized spacial score (nSPS) is 21.7. The monoisotopic (exact) mass is 340 g/mol. The van der Waals surface area contributed by atoms with Crippen LogP contribution in [-0.2, 0) is 0 Å². The third-order valence-electron chi connectivity index (χ3n) is 5.64. The van der Waals surface area contributed by atoms with E-state index >= 15 is 0 Å². The molecule has 2 aromatic rings. The zero-order valence-corrected chi connectivity index (χ0v) is 14.6. The Morgan fingerprint density at radius 1 is 1.12 bits per heavy atom. The summed E-state index contributed by atoms with van der Waals surface area (Å²) in [7, 11) is 0. The number of hydrogen-bond donors (Lipinski definition) is 0. The fourth-order valence-corrected chi connectivity index (χ4v) is 4.16. The van der Waals surface area contributed by atoms with Gasteiger partial charge in [0, 0.05) is 38.6 Å². The zero-order valence-electron chi connectivity index (χ0n) is 14.6. The van der Waals surface area contributed by atoms with Crippen molar-refractivity contribution in [1.29, 1.82) is 0 Å². The number of nitrogens with zero attached hydrogens (tertiary/aromatic N) is 4. The number of aromatic nitrogens is 2. The molecule has 1 atom stereocenters. The standard InChI is InChI=1S/C19H24N4O2/c1-14-17(6-12-25-14)18(24)23-11-5-16(13-23)15-3-9-22(10-4-15)19-20-7-2-8-21-19/h2,6-8,12,15-16H,3-5,9-11,13H2,1H3. The Kier molecular flexibility index (Phi) is 4.42. The minimum atomic E-state index is 0.115. The first-order valence-corrected chi connectivity index (χ1v) is 9.07. The van der Waals surface area contributed by atoms with Gasteiger partial charge in [-0.15, -0.1) is 0 Å². The number of carbonyl (C=O) groups excluding carboxylic acids is 1. The molecule has 2 aliphatic rings. The third-order valence-corrected chi connectivity index (χ3v) is 5.64. The Morgan fingerprint density at radius 3 is 2.52 bits per heavy atom. The van der Waals surface area contributed by atoms with Gasteiger partial charge in [0.2, 0.25) is 5.95 Å². The van der Waals surface area contributed by atoms with E-state index in [0.717, 1.165) is 51.4 Å². The lowest BCUT2D eigenvalue weighted by molar-refractivity contribution is 0.0779. The van der Waals surface area contributed by atoms with Crippen molar-refractivity contribution in [1.82, 2.24) is 14.9 Å². The number of piperidine rings is 1. The maximum atomic E-state index is 12.6. The molecule has 132 valence electrons. The average Bonchev–Trinajstić information content (AvgIpc) is 3.31. The van der Waals surface area contributed by atoms with E-state index in [1.165, 1.54) is 0 Å². The molecule has 4 rings (SSSR count). The van der Waals surface area contributed by atoms with Crippen LogP contribution in [-0.4, -0.2) is 47.0 Å². The predicted octanol–water partition coefficient (Wildman–Crippen LogP) is 2.76. The number of likely N-dealkylation sites (tertiary alicyclic amines) is 1. The molecule has 0 aromatic carbocycles. The molecule has 2 aliphatic heterocycles. The molecule has 6 nitrogen and oxygen atoms in total. The van der Waals surface area contributed by atoms with Crippen LogP contribution < -0.4 is 4.90 Å². The maximum absolute atomic E-state index is 12.6. The third kappa shape index (κ3) is 3.25. The summed E-state index contributed by atoms with van der Waals surface area (Å²) < 4.78 is 5.28. The van der Waals surface area contributed by atoms with Crippen LogP contribution in [0.2, 0.25) is 0 Å². The maximum Gasteiger partial charge on any atom is 0.257 e. The number of rotatable bonds is 3. The summed E-state index contributed by atoms with van der Waals surface area (Å²) in [4.78, 5) is 25.6. The van der Waals surface area contributed by atoms with Crippen LogP contribution in [0.15, 0.2) is 35.2 Å². The molecule has 4 heterocycles. The number of aryl methyl sites for hydroxylation is 1. The van der Waals surface area contributed by atoms with Gasteiger partial charge in [-0.25, -0.2) is 9.97 Å². The number of anilines is 1. The molecule has 0 aliphatic carbocycles. The lowest BCUT2D eigenvalue weighted by Crippen LogP contribution is -2.38. The summed E-state index contributed by atoms with van der Waals surface area (Å²) in [6.07, 6.45) is 8.59. The quantitative estimate of drug-likeness (QED) is 0.860. The average molecular weight is 340 g/mol. The number of amides is 1. The Morgan fingerprint density at radius 2 is 1.84 bits per heavy atom. The predicted molar refractivity (Wildman–Crippen MR) is 94.4 cm³/mol. The molecule has 0 radical (unpaired) electrons. The first-order valence-electron chi connectivity index (χ1n) is 9.07. The van der Waals surface area contributed by atoms with Crippen molar-refractivity contribution in [3.63, 3.8) is 0 Å². The van der Waals surface area contributed by atoms with Crippen molar-refractivity contribution < 1.29 is 9.21 Å². The van der Waals surface area contributed by atoms with Gasteiger partial charge in [0.25, 0.3) is 5.91 Å². The minimum Gasteiger partial charge on any atom is -0.469 e. The lowest BCUT2D eigenvalue weighted by atomic mass is 9.84. The van der Waals surface area contributed by atoms with Gasteiger partial charge in [0.05, 0.1) is 11.8 Å². The molecule has 2 aromatic heterocycles. The largest absolute Gasteiger partial charge is 0.469 e. The number of hydrogen-bond acceptors (Lipinski definition) is 5. The number of carbonyl (C=O) groups is 1. The SMILES string of the molecule is Cc1occc1C(=O)N1CCC(C2CCN(c3ncccn3)CC2)C1. The summed E-state index contributed by atoms with van der Waals surface area (Å²) in [6.45, 7) is 5.58. The second-order valence-corrected chi connectivity index (χ2v) is 7.06. The second-order valence-electron chi connectivity index (χ2n) is 7.06. The molecule has 0 N–H and O–H groups in total. The van der Waals surface area contributed by atoms with E-state index in [0.29, 0.717) is 23.2 Å². The topological polar surface area (TPSA) is 62.5 Å². The Hall–Kier alpha value is -2.37. The summed E-state index contributed by atoms with van der Waals surface area (Å²) >= 11 is 0. The van der Waals surface area contributed by atoms with Crippen molar-refractivity contribution in [2.75, 3.05) is 31.1 Å². The summed E-state index contributed by atoms with van der Waals surface area (Å²) in [5, 5.41) is 0. The molecule has 1 unspecified atom stereocenters. The van der Waals surface area contributed by atoms with E-state index in [-0.39, 0.29) is 5.91 Å². The second kappa shape index (κ2) is 6.86. The highest BCUT2D eigenvalue weighted by Crippen LogP contribution is 2.33. The first-order chi connectivity index (χ1) is 12.2. The molecule has 25 heavy (non-hydrogen) atoms. The minimum absolute atomic E-state index is 0.115. The lowest BCUT2D eigenvalue weighted by Gasteiger charge is -2.34. The fourth-order valence-electron chi connectivity index (χ4n) is 4.16. The highest BCUT2D eigenvalue weighted by atomic mass is 16.3. The van der Waals surface area contributed by atoms with Crippen LogP contribution in [0, 0.1) is 18.8 Å². The van der Waals surface area contributed by atoms with Gasteiger partial charge in [-0.3, -0.25) is 4.79 Å². The van der Waals surface area contributed by atoms with Gasteiger partial charge in [-0.2, -0.15) is 0 Å². The van der Waals surface area contributed by atoms with Gasteiger partial charge in [-0.05, 0) is 50.2 Å². The van der Waals surface area contributed by atoms with E-state index in [9.17, 15) is 4.79 Å². The molecular weight excluding hydrogens is 316 g/mol. The number of furan rings is 1. The molecule has 0 bridgehead atoms. The van der Waals surface area contributed by atoms with Gasteiger partial charge < -0.3 is 14.2 Å². The van der Waals surface area contributed by atoms with E-state index in [1.54, 1.807) is 24.7 Å². The summed E-state index contributed by atoms with van der Waals surface area (Å²) in [5.74, 6) is 2.95. The summed E-state index contributed by atoms with van der Waals surface area (Å²) in [5.41, 5.74) is 0.705. The van der Waals surface area contributed by atoms with Crippen molar-refractivity contribution >= 4 is 11.9 Å². The smallest absolute Gasteiger partial charge is 0.257 e. The molecule has 6 heteroatoms. The molecule has 0 spiro atoms. The first kappa shape index (κ1) is 16.1. The Labute approximate surface area is 147 Å². The van der Waals surface area contributed by atoms with Crippen LogP contribution in [0.5, 0.6) is 0 Å². The molecule has 0 saturated carbocycles. The van der Waals surface area contributed by atoms with E-state index < -0.39 is 0 Å². The van der Waals surface area contributed by atoms with E-state index in [2.05, 4.69) is 14.9 Å². The highest BCUT2D eigenvalue weighted by Gasteiger charge is 2.34. The van der Waals surface area contributed by atoms with Gasteiger partial charge >= 0.3 is 0 Å². The van der Waals surface area contributed by atoms with Crippen molar-refractivity contribution in [3.05, 3.63) is 42.1 Å². The van der Waals surface area contributed by atoms with Crippen LogP contribution in [0.1, 0.15) is 35.4 Å². The van der Waals surface area contributed by atoms with E-state index in [4.69, 9.17) is 4.42 Å². The van der Waals surface area contributed by atoms with Crippen molar-refractivity contribution in [2.45, 2.75) is 26.2 Å². The molecule has 1 amide bonds. The molecule has 2 saturated heterocycles. The van der Waals surface area contributed by atoms with Gasteiger partial charge in [0.15, 0.2) is 0 Å². The molecular formula is C19H24N4O2. The van der Waals surface area contributed by atoms with Crippen LogP contribution in [0.3, 0.4) is 0 Å². The summed E-state index contributed by atoms with van der Waals surface area (Å²) in [6, 6.07) is 3.63. The van der Waals surface area contributed by atoms with E-state index in [1.807, 2.05) is 17.9 Å². The van der Waals surface area contributed by atoms with Crippen molar-refractivity contribution in [3.8, 4) is 0 Å². The fraction of sp³-hybridized carbons (Fsp3) is 0.526. The highest BCUT2D eigenvalue weighted by molar-refractivity contribution is 5.95.